The molecule has 0 spiro atoms. The molecule has 1 aliphatic heterocycles. The number of rotatable bonds is 10. The van der Waals surface area contributed by atoms with Gasteiger partial charge in [0.25, 0.3) is 0 Å². The van der Waals surface area contributed by atoms with Gasteiger partial charge in [-0.15, -0.1) is 13.2 Å². The van der Waals surface area contributed by atoms with Gasteiger partial charge in [0.1, 0.15) is 5.75 Å². The lowest BCUT2D eigenvalue weighted by Gasteiger charge is -2.30. The summed E-state index contributed by atoms with van der Waals surface area (Å²) in [6.45, 7) is 6.54. The summed E-state index contributed by atoms with van der Waals surface area (Å²) in [5.74, 6) is -0.642. The third kappa shape index (κ3) is 10.0. The number of piperidine rings is 1. The Morgan fingerprint density at radius 1 is 1.16 bits per heavy atom. The van der Waals surface area contributed by atoms with E-state index in [1.54, 1.807) is 0 Å². The van der Waals surface area contributed by atoms with Crippen LogP contribution >= 0.6 is 0 Å². The number of hydrogen-bond acceptors (Lipinski definition) is 5. The molecule has 0 saturated carbocycles. The summed E-state index contributed by atoms with van der Waals surface area (Å²) >= 11 is 0. The van der Waals surface area contributed by atoms with Crippen LogP contribution < -0.4 is 15.4 Å². The Balaban J connectivity index is 1.65. The number of hydrogen-bond donors (Lipinski definition) is 2. The first kappa shape index (κ1) is 24.9. The minimum atomic E-state index is -4.75. The van der Waals surface area contributed by atoms with Gasteiger partial charge in [-0.2, -0.15) is 0 Å². The number of nitrogens with zero attached hydrogens (tertiary/aromatic N) is 1. The average Bonchev–Trinajstić information content (AvgIpc) is 2.68. The highest BCUT2D eigenvalue weighted by Crippen LogP contribution is 2.24. The number of alkyl halides is 3. The molecule has 1 aromatic carbocycles. The molecule has 0 atom stereocenters. The highest BCUT2D eigenvalue weighted by Gasteiger charge is 2.31. The molecule has 0 aliphatic carbocycles. The molecule has 0 unspecified atom stereocenters. The van der Waals surface area contributed by atoms with Crippen LogP contribution in [0.4, 0.5) is 18.9 Å². The van der Waals surface area contributed by atoms with E-state index in [4.69, 9.17) is 4.74 Å². The monoisotopic (exact) mass is 445 g/mol. The second-order valence-electron chi connectivity index (χ2n) is 7.73. The van der Waals surface area contributed by atoms with Crippen LogP contribution in [0.15, 0.2) is 24.3 Å². The van der Waals surface area contributed by atoms with Crippen LogP contribution in [0.2, 0.25) is 0 Å². The van der Waals surface area contributed by atoms with Gasteiger partial charge in [0, 0.05) is 24.8 Å². The normalized spacial score (nSPS) is 15.7. The summed E-state index contributed by atoms with van der Waals surface area (Å²) in [4.78, 5) is 26.4. The van der Waals surface area contributed by atoms with Crippen LogP contribution in [-0.2, 0) is 14.3 Å². The molecule has 10 heteroatoms. The summed E-state index contributed by atoms with van der Waals surface area (Å²) in [7, 11) is 0. The zero-order valence-corrected chi connectivity index (χ0v) is 17.8. The lowest BCUT2D eigenvalue weighted by molar-refractivity contribution is -0.274. The van der Waals surface area contributed by atoms with E-state index >= 15 is 0 Å². The molecular formula is C21H30F3N3O4. The largest absolute Gasteiger partial charge is 0.573 e. The Kier molecular flexibility index (Phi) is 9.57. The van der Waals surface area contributed by atoms with Crippen LogP contribution in [0.25, 0.3) is 0 Å². The van der Waals surface area contributed by atoms with Crippen molar-refractivity contribution in [2.45, 2.75) is 45.6 Å². The quantitative estimate of drug-likeness (QED) is 0.541. The smallest absolute Gasteiger partial charge is 0.406 e. The summed E-state index contributed by atoms with van der Waals surface area (Å²) in [6.07, 6.45) is -2.46. The zero-order chi connectivity index (χ0) is 22.9. The fourth-order valence-corrected chi connectivity index (χ4v) is 3.24. The summed E-state index contributed by atoms with van der Waals surface area (Å²) in [5.41, 5.74) is 0.384. The molecule has 1 heterocycles. The van der Waals surface area contributed by atoms with Crippen molar-refractivity contribution in [3.63, 3.8) is 0 Å². The van der Waals surface area contributed by atoms with Gasteiger partial charge in [-0.3, -0.25) is 14.5 Å². The first-order valence-electron chi connectivity index (χ1n) is 10.4. The van der Waals surface area contributed by atoms with Gasteiger partial charge in [-0.25, -0.2) is 0 Å². The van der Waals surface area contributed by atoms with E-state index in [9.17, 15) is 22.8 Å². The standard InChI is InChI=1S/C21H30F3N3O4/c1-15(2)30-13-3-10-25-20(29)16-8-11-27(12-9-16)14-19(28)26-17-4-6-18(7-5-17)31-21(22,23)24/h4-7,15-16H,3,8-14H2,1-2H3,(H,25,29)(H,26,28). The number of carbonyl (C=O) groups is 2. The van der Waals surface area contributed by atoms with Crippen LogP contribution in [0, 0.1) is 5.92 Å². The molecule has 7 nitrogen and oxygen atoms in total. The number of amides is 2. The fraction of sp³-hybridized carbons (Fsp3) is 0.619. The Bertz CT molecular complexity index is 703. The van der Waals surface area contributed by atoms with Crippen LogP contribution in [0.5, 0.6) is 5.75 Å². The lowest BCUT2D eigenvalue weighted by Crippen LogP contribution is -2.43. The molecule has 2 rings (SSSR count). The number of nitrogens with one attached hydrogen (secondary N) is 2. The van der Waals surface area contributed by atoms with Gasteiger partial charge in [0.15, 0.2) is 0 Å². The van der Waals surface area contributed by atoms with Crippen LogP contribution in [0.3, 0.4) is 0 Å². The topological polar surface area (TPSA) is 79.9 Å². The molecule has 31 heavy (non-hydrogen) atoms. The average molecular weight is 445 g/mol. The van der Waals surface area contributed by atoms with Crippen molar-refractivity contribution in [1.29, 1.82) is 0 Å². The molecule has 1 aliphatic rings. The van der Waals surface area contributed by atoms with Crippen molar-refractivity contribution in [2.75, 3.05) is 38.1 Å². The molecule has 2 amide bonds. The maximum absolute atomic E-state index is 12.2. The fourth-order valence-electron chi connectivity index (χ4n) is 3.24. The van der Waals surface area contributed by atoms with Gasteiger partial charge in [-0.05, 0) is 70.5 Å². The Labute approximate surface area is 180 Å². The molecule has 1 fully saturated rings. The number of carbonyl (C=O) groups excluding carboxylic acids is 2. The molecule has 2 N–H and O–H groups in total. The van der Waals surface area contributed by atoms with E-state index in [0.29, 0.717) is 44.8 Å². The number of halogens is 3. The number of likely N-dealkylation sites (tertiary alicyclic amines) is 1. The molecule has 0 bridgehead atoms. The maximum atomic E-state index is 12.2. The predicted octanol–water partition coefficient (Wildman–Crippen LogP) is 3.17. The van der Waals surface area contributed by atoms with Gasteiger partial charge in [0.05, 0.1) is 12.6 Å². The van der Waals surface area contributed by atoms with Gasteiger partial charge in [-0.1, -0.05) is 0 Å². The van der Waals surface area contributed by atoms with E-state index in [1.807, 2.05) is 18.7 Å². The number of anilines is 1. The highest BCUT2D eigenvalue weighted by atomic mass is 19.4. The Hall–Kier alpha value is -2.33. The van der Waals surface area contributed by atoms with Crippen LogP contribution in [-0.4, -0.2) is 62.0 Å². The third-order valence-electron chi connectivity index (χ3n) is 4.77. The van der Waals surface area contributed by atoms with E-state index in [0.717, 1.165) is 18.6 Å². The van der Waals surface area contributed by atoms with Crippen molar-refractivity contribution < 1.29 is 32.2 Å². The second kappa shape index (κ2) is 11.9. The van der Waals surface area contributed by atoms with Gasteiger partial charge in [0.2, 0.25) is 11.8 Å². The first-order chi connectivity index (χ1) is 14.6. The Morgan fingerprint density at radius 2 is 1.81 bits per heavy atom. The van der Waals surface area contributed by atoms with Gasteiger partial charge >= 0.3 is 6.36 Å². The predicted molar refractivity (Wildman–Crippen MR) is 110 cm³/mol. The third-order valence-corrected chi connectivity index (χ3v) is 4.77. The number of ether oxygens (including phenoxy) is 2. The zero-order valence-electron chi connectivity index (χ0n) is 17.8. The van der Waals surface area contributed by atoms with Crippen LogP contribution in [0.1, 0.15) is 33.1 Å². The minimum absolute atomic E-state index is 0.0369. The summed E-state index contributed by atoms with van der Waals surface area (Å²) in [6, 6.07) is 4.98. The minimum Gasteiger partial charge on any atom is -0.406 e. The number of benzene rings is 1. The Morgan fingerprint density at radius 3 is 2.39 bits per heavy atom. The summed E-state index contributed by atoms with van der Waals surface area (Å²) < 4.78 is 45.8. The second-order valence-corrected chi connectivity index (χ2v) is 7.73. The van der Waals surface area contributed by atoms with Crippen molar-refractivity contribution >= 4 is 17.5 Å². The van der Waals surface area contributed by atoms with E-state index in [2.05, 4.69) is 15.4 Å². The maximum Gasteiger partial charge on any atom is 0.573 e. The first-order valence-corrected chi connectivity index (χ1v) is 10.4. The van der Waals surface area contributed by atoms with Crippen molar-refractivity contribution in [3.05, 3.63) is 24.3 Å². The van der Waals surface area contributed by atoms with Crippen molar-refractivity contribution in [1.82, 2.24) is 10.2 Å². The molecule has 0 radical (unpaired) electrons. The molecule has 1 aromatic rings. The highest BCUT2D eigenvalue weighted by molar-refractivity contribution is 5.92. The van der Waals surface area contributed by atoms with Crippen molar-refractivity contribution in [2.24, 2.45) is 5.92 Å². The molecule has 0 aromatic heterocycles. The molecule has 1 saturated heterocycles. The van der Waals surface area contributed by atoms with Gasteiger partial charge < -0.3 is 20.1 Å². The van der Waals surface area contributed by atoms with Crippen molar-refractivity contribution in [3.8, 4) is 5.75 Å². The SMILES string of the molecule is CC(C)OCCCNC(=O)C1CCN(CC(=O)Nc2ccc(OC(F)(F)F)cc2)CC1. The van der Waals surface area contributed by atoms with E-state index in [1.165, 1.54) is 12.1 Å². The van der Waals surface area contributed by atoms with E-state index in [-0.39, 0.29) is 36.1 Å². The lowest BCUT2D eigenvalue weighted by atomic mass is 9.96. The molecular weight excluding hydrogens is 415 g/mol. The molecule has 174 valence electrons. The summed E-state index contributed by atoms with van der Waals surface area (Å²) in [5, 5.41) is 5.59. The van der Waals surface area contributed by atoms with E-state index < -0.39 is 6.36 Å².